The van der Waals surface area contributed by atoms with Gasteiger partial charge in [-0.05, 0) is 24.7 Å². The van der Waals surface area contributed by atoms with Crippen molar-refractivity contribution in [3.8, 4) is 0 Å². The highest BCUT2D eigenvalue weighted by molar-refractivity contribution is 6.17. The first-order valence-electron chi connectivity index (χ1n) is 24.0. The molecule has 0 saturated heterocycles. The van der Waals surface area contributed by atoms with Crippen molar-refractivity contribution in [3.63, 3.8) is 0 Å². The van der Waals surface area contributed by atoms with Gasteiger partial charge in [0.05, 0.1) is 12.5 Å². The van der Waals surface area contributed by atoms with E-state index in [4.69, 9.17) is 1.37 Å². The second-order valence-electron chi connectivity index (χ2n) is 16.9. The Balaban J connectivity index is 1.61. The van der Waals surface area contributed by atoms with Crippen molar-refractivity contribution in [1.82, 2.24) is 9.80 Å². The third-order valence-corrected chi connectivity index (χ3v) is 12.1. The smallest absolute Gasteiger partial charge is 0.260 e. The fourth-order valence-corrected chi connectivity index (χ4v) is 8.57. The van der Waals surface area contributed by atoms with E-state index in [-0.39, 0.29) is 18.0 Å². The van der Waals surface area contributed by atoms with Crippen LogP contribution in [0.15, 0.2) is 23.5 Å². The van der Waals surface area contributed by atoms with Gasteiger partial charge in [-0.2, -0.15) is 0 Å². The minimum atomic E-state index is -0.138. The molecule has 0 aliphatic carbocycles. The molecule has 0 bridgehead atoms. The average molecular weight is 726 g/mol. The molecular weight excluding hydrogens is 637 g/mol. The van der Waals surface area contributed by atoms with E-state index in [9.17, 15) is 9.59 Å². The number of hydrogen-bond acceptors (Lipinski definition) is 2. The van der Waals surface area contributed by atoms with E-state index in [0.717, 1.165) is 37.5 Å². The quantitative estimate of drug-likeness (QED) is 0.0595. The zero-order valence-corrected chi connectivity index (χ0v) is 35.4. The van der Waals surface area contributed by atoms with E-state index < -0.39 is 0 Å². The molecule has 0 aromatic heterocycles. The van der Waals surface area contributed by atoms with Crippen LogP contribution in [0.1, 0.15) is 247 Å². The molecule has 0 N–H and O–H groups in total. The zero-order valence-electron chi connectivity index (χ0n) is 36.4. The topological polar surface area (TPSA) is 40.6 Å². The summed E-state index contributed by atoms with van der Waals surface area (Å²) in [5.74, 6) is 1.48. The lowest BCUT2D eigenvalue weighted by molar-refractivity contribution is -0.124. The number of hydrogen-bond donors (Lipinski definition) is 0. The maximum atomic E-state index is 13.2. The molecule has 0 saturated carbocycles. The molecule has 52 heavy (non-hydrogen) atoms. The first-order valence-corrected chi connectivity index (χ1v) is 23.5. The molecule has 2 heterocycles. The van der Waals surface area contributed by atoms with Gasteiger partial charge in [-0.15, -0.1) is 0 Å². The largest absolute Gasteiger partial charge is 0.314 e. The Morgan fingerprint density at radius 2 is 0.712 bits per heavy atom. The standard InChI is InChI=1S/C48H88N2O2/c1-5-9-13-15-17-19-21-27-35-43(33-11-7-3)37-29-23-25-31-39-49-41-45-46(47(49)51)42-50(48(45)52)40-32-26-24-30-38-44(34-12-8-4)36-28-22-20-18-16-14-10-6-2/h41-44H,5-40H2,1-4H3/i41D. The molecular formula is C48H88N2O2. The molecule has 0 fully saturated rings. The van der Waals surface area contributed by atoms with Gasteiger partial charge >= 0.3 is 0 Å². The molecule has 2 aliphatic rings. The highest BCUT2D eigenvalue weighted by Gasteiger charge is 2.38. The van der Waals surface area contributed by atoms with Crippen molar-refractivity contribution in [2.24, 2.45) is 11.8 Å². The van der Waals surface area contributed by atoms with Crippen LogP contribution in [0, 0.1) is 11.8 Å². The van der Waals surface area contributed by atoms with Crippen LogP contribution in [-0.4, -0.2) is 34.7 Å². The summed E-state index contributed by atoms with van der Waals surface area (Å²) in [4.78, 5) is 29.8. The van der Waals surface area contributed by atoms with Gasteiger partial charge in [0.15, 0.2) is 0 Å². The van der Waals surface area contributed by atoms with Crippen molar-refractivity contribution in [2.75, 3.05) is 13.1 Å². The summed E-state index contributed by atoms with van der Waals surface area (Å²) in [7, 11) is 0. The Labute approximate surface area is 326 Å². The Kier molecular flexibility index (Phi) is 27.4. The monoisotopic (exact) mass is 726 g/mol. The molecule has 0 radical (unpaired) electrons. The first-order chi connectivity index (χ1) is 26.0. The summed E-state index contributed by atoms with van der Waals surface area (Å²) < 4.78 is 8.70. The van der Waals surface area contributed by atoms with Crippen LogP contribution in [0.5, 0.6) is 0 Å². The Morgan fingerprint density at radius 1 is 0.404 bits per heavy atom. The second kappa shape index (κ2) is 31.7. The van der Waals surface area contributed by atoms with E-state index in [2.05, 4.69) is 27.7 Å². The predicted octanol–water partition coefficient (Wildman–Crippen LogP) is 15.0. The SMILES string of the molecule is [2H]C1=C2C(=O)N(CCCCCCC(CCCC)CCCCCCCCCC)C=C2C(=O)N1CCCCCCC(CCCC)CCCCCCCCCC. The molecule has 4 nitrogen and oxygen atoms in total. The third-order valence-electron chi connectivity index (χ3n) is 12.1. The highest BCUT2D eigenvalue weighted by Crippen LogP contribution is 2.31. The van der Waals surface area contributed by atoms with Crippen molar-refractivity contribution in [3.05, 3.63) is 23.5 Å². The lowest BCUT2D eigenvalue weighted by atomic mass is 9.90. The van der Waals surface area contributed by atoms with E-state index >= 15 is 0 Å². The molecule has 0 aromatic rings. The lowest BCUT2D eigenvalue weighted by Gasteiger charge is -2.18. The normalized spacial score (nSPS) is 15.9. The summed E-state index contributed by atoms with van der Waals surface area (Å²) in [6, 6.07) is 0. The van der Waals surface area contributed by atoms with Gasteiger partial charge in [-0.25, -0.2) is 0 Å². The summed E-state index contributed by atoms with van der Waals surface area (Å²) >= 11 is 0. The molecule has 302 valence electrons. The third kappa shape index (κ3) is 20.8. The summed E-state index contributed by atoms with van der Waals surface area (Å²) in [5, 5.41) is 0. The van der Waals surface area contributed by atoms with Gasteiger partial charge in [0, 0.05) is 25.5 Å². The van der Waals surface area contributed by atoms with Gasteiger partial charge < -0.3 is 9.80 Å². The lowest BCUT2D eigenvalue weighted by Crippen LogP contribution is -2.25. The highest BCUT2D eigenvalue weighted by atomic mass is 16.2. The first kappa shape index (κ1) is 44.8. The van der Waals surface area contributed by atoms with Crippen molar-refractivity contribution < 1.29 is 11.0 Å². The van der Waals surface area contributed by atoms with Crippen LogP contribution in [0.4, 0.5) is 0 Å². The second-order valence-corrected chi connectivity index (χ2v) is 16.9. The number of carbonyl (C=O) groups excluding carboxylic acids is 2. The number of unbranched alkanes of at least 4 members (excludes halogenated alkanes) is 22. The molecule has 0 aromatic carbocycles. The van der Waals surface area contributed by atoms with Gasteiger partial charge in [0.2, 0.25) is 0 Å². The fourth-order valence-electron chi connectivity index (χ4n) is 8.57. The number of rotatable bonds is 38. The summed E-state index contributed by atoms with van der Waals surface area (Å²) in [6.07, 6.45) is 46.8. The molecule has 2 rings (SSSR count). The molecule has 2 unspecified atom stereocenters. The maximum absolute atomic E-state index is 13.2. The van der Waals surface area contributed by atoms with E-state index in [1.165, 1.54) is 193 Å². The minimum absolute atomic E-state index is 0.133. The molecule has 0 spiro atoms. The number of fused-ring (bicyclic) bond motifs is 1. The fraction of sp³-hybridized carbons (Fsp3) is 0.875. The molecule has 2 atom stereocenters. The van der Waals surface area contributed by atoms with Crippen LogP contribution in [-0.2, 0) is 9.59 Å². The minimum Gasteiger partial charge on any atom is -0.314 e. The number of amides is 2. The molecule has 2 amide bonds. The summed E-state index contributed by atoms with van der Waals surface area (Å²) in [5.41, 5.74) is 0.800. The van der Waals surface area contributed by atoms with Gasteiger partial charge in [0.1, 0.15) is 0 Å². The number of carbonyl (C=O) groups is 2. The van der Waals surface area contributed by atoms with Gasteiger partial charge in [-0.3, -0.25) is 9.59 Å². The average Bonchev–Trinajstić information content (AvgIpc) is 3.61. The van der Waals surface area contributed by atoms with Crippen LogP contribution >= 0.6 is 0 Å². The van der Waals surface area contributed by atoms with Crippen molar-refractivity contribution in [2.45, 2.75) is 246 Å². The Bertz CT molecular complexity index is 1010. The number of nitrogens with zero attached hydrogens (tertiary/aromatic N) is 2. The predicted molar refractivity (Wildman–Crippen MR) is 226 cm³/mol. The maximum Gasteiger partial charge on any atom is 0.260 e. The van der Waals surface area contributed by atoms with Crippen molar-refractivity contribution >= 4 is 11.8 Å². The summed E-state index contributed by atoms with van der Waals surface area (Å²) in [6.45, 7) is 10.4. The van der Waals surface area contributed by atoms with Crippen LogP contribution in [0.25, 0.3) is 0 Å². The van der Waals surface area contributed by atoms with Crippen LogP contribution in [0.3, 0.4) is 0 Å². The van der Waals surface area contributed by atoms with Crippen LogP contribution < -0.4 is 0 Å². The molecule has 2 aliphatic heterocycles. The van der Waals surface area contributed by atoms with Crippen LogP contribution in [0.2, 0.25) is 0 Å². The van der Waals surface area contributed by atoms with Gasteiger partial charge in [0.25, 0.3) is 11.8 Å². The zero-order chi connectivity index (χ0) is 38.4. The van der Waals surface area contributed by atoms with Gasteiger partial charge in [-0.1, -0.05) is 233 Å². The van der Waals surface area contributed by atoms with E-state index in [0.29, 0.717) is 24.2 Å². The van der Waals surface area contributed by atoms with Crippen molar-refractivity contribution in [1.29, 1.82) is 0 Å². The van der Waals surface area contributed by atoms with E-state index in [1.54, 1.807) is 16.0 Å². The Hall–Kier alpha value is -1.58. The molecule has 4 heteroatoms. The van der Waals surface area contributed by atoms with E-state index in [1.807, 2.05) is 0 Å². The Morgan fingerprint density at radius 3 is 1.10 bits per heavy atom.